The maximum absolute atomic E-state index is 12.5. The number of nitrogens with one attached hydrogen (secondary N) is 2. The number of benzene rings is 2. The summed E-state index contributed by atoms with van der Waals surface area (Å²) in [6.45, 7) is 4.05. The van der Waals surface area contributed by atoms with Gasteiger partial charge >= 0.3 is 0 Å². The van der Waals surface area contributed by atoms with Gasteiger partial charge in [-0.05, 0) is 55.3 Å². The largest absolute Gasteiger partial charge is 0.495 e. The topological polar surface area (TPSA) is 70.7 Å². The Morgan fingerprint density at radius 2 is 1.93 bits per heavy atom. The summed E-state index contributed by atoms with van der Waals surface area (Å²) in [6.07, 6.45) is 0.815. The Bertz CT molecular complexity index is 885. The van der Waals surface area contributed by atoms with Crippen LogP contribution >= 0.6 is 11.6 Å². The van der Waals surface area contributed by atoms with E-state index in [1.807, 2.05) is 18.2 Å². The maximum atomic E-state index is 12.5. The molecule has 1 aliphatic rings. The lowest BCUT2D eigenvalue weighted by molar-refractivity contribution is -0.117. The van der Waals surface area contributed by atoms with Gasteiger partial charge in [0.25, 0.3) is 0 Å². The number of hydrogen-bond donors (Lipinski definition) is 2. The van der Waals surface area contributed by atoms with Crippen molar-refractivity contribution in [2.24, 2.45) is 0 Å². The number of carbonyl (C=O) groups is 2. The first-order valence-corrected chi connectivity index (χ1v) is 9.09. The van der Waals surface area contributed by atoms with Crippen LogP contribution in [0.15, 0.2) is 36.4 Å². The number of amides is 2. The molecule has 1 atom stereocenters. The Morgan fingerprint density at radius 3 is 2.59 bits per heavy atom. The molecule has 0 saturated carbocycles. The number of ether oxygens (including phenoxy) is 1. The molecule has 0 saturated heterocycles. The summed E-state index contributed by atoms with van der Waals surface area (Å²) in [6, 6.07) is 10.4. The van der Waals surface area contributed by atoms with Gasteiger partial charge in [0.15, 0.2) is 0 Å². The summed E-state index contributed by atoms with van der Waals surface area (Å²) < 4.78 is 5.11. The SMILES string of the molecule is COc1ccc(NC(=O)[C@@H](C)Nc2ccc3c(c2)CCN3C(C)=O)cc1Cl. The molecule has 1 aliphatic heterocycles. The molecule has 0 radical (unpaired) electrons. The van der Waals surface area contributed by atoms with Crippen LogP contribution in [0, 0.1) is 0 Å². The number of methoxy groups -OCH3 is 1. The van der Waals surface area contributed by atoms with E-state index in [4.69, 9.17) is 16.3 Å². The van der Waals surface area contributed by atoms with Gasteiger partial charge in [0.1, 0.15) is 11.8 Å². The van der Waals surface area contributed by atoms with Gasteiger partial charge in [-0.3, -0.25) is 9.59 Å². The zero-order valence-corrected chi connectivity index (χ0v) is 16.3. The molecule has 0 fully saturated rings. The van der Waals surface area contributed by atoms with Crippen molar-refractivity contribution < 1.29 is 14.3 Å². The molecule has 0 spiro atoms. The van der Waals surface area contributed by atoms with Gasteiger partial charge in [0.2, 0.25) is 11.8 Å². The van der Waals surface area contributed by atoms with Crippen molar-refractivity contribution in [1.29, 1.82) is 0 Å². The van der Waals surface area contributed by atoms with Gasteiger partial charge in [-0.15, -0.1) is 0 Å². The van der Waals surface area contributed by atoms with Crippen molar-refractivity contribution in [3.05, 3.63) is 47.0 Å². The number of rotatable bonds is 5. The Hall–Kier alpha value is -2.73. The summed E-state index contributed by atoms with van der Waals surface area (Å²) in [4.78, 5) is 25.9. The van der Waals surface area contributed by atoms with Crippen LogP contribution < -0.4 is 20.3 Å². The molecule has 27 heavy (non-hydrogen) atoms. The minimum Gasteiger partial charge on any atom is -0.495 e. The lowest BCUT2D eigenvalue weighted by atomic mass is 10.1. The molecule has 0 aromatic heterocycles. The highest BCUT2D eigenvalue weighted by Gasteiger charge is 2.22. The fraction of sp³-hybridized carbons (Fsp3) is 0.300. The molecule has 2 aromatic carbocycles. The second-order valence-corrected chi connectivity index (χ2v) is 6.88. The second-order valence-electron chi connectivity index (χ2n) is 6.47. The Labute approximate surface area is 163 Å². The Morgan fingerprint density at radius 1 is 1.19 bits per heavy atom. The van der Waals surface area contributed by atoms with Crippen LogP contribution in [0.5, 0.6) is 5.75 Å². The number of hydrogen-bond acceptors (Lipinski definition) is 4. The predicted molar refractivity (Wildman–Crippen MR) is 108 cm³/mol. The summed E-state index contributed by atoms with van der Waals surface area (Å²) in [5, 5.41) is 6.47. The van der Waals surface area contributed by atoms with Crippen molar-refractivity contribution in [3.8, 4) is 5.75 Å². The maximum Gasteiger partial charge on any atom is 0.246 e. The number of halogens is 1. The molecule has 2 amide bonds. The van der Waals surface area contributed by atoms with Crippen LogP contribution in [-0.2, 0) is 16.0 Å². The number of nitrogens with zero attached hydrogens (tertiary/aromatic N) is 1. The van der Waals surface area contributed by atoms with Gasteiger partial charge in [0, 0.05) is 30.5 Å². The third-order valence-corrected chi connectivity index (χ3v) is 4.85. The monoisotopic (exact) mass is 387 g/mol. The predicted octanol–water partition coefficient (Wildman–Crippen LogP) is 3.70. The van der Waals surface area contributed by atoms with Crippen LogP contribution in [0.3, 0.4) is 0 Å². The molecule has 6 nitrogen and oxygen atoms in total. The minimum atomic E-state index is -0.450. The number of anilines is 3. The van der Waals surface area contributed by atoms with E-state index >= 15 is 0 Å². The summed E-state index contributed by atoms with van der Waals surface area (Å²) in [5.74, 6) is 0.418. The third kappa shape index (κ3) is 4.17. The lowest BCUT2D eigenvalue weighted by Crippen LogP contribution is -2.31. The molecule has 0 aliphatic carbocycles. The van der Waals surface area contributed by atoms with Crippen LogP contribution in [0.4, 0.5) is 17.1 Å². The van der Waals surface area contributed by atoms with Gasteiger partial charge in [-0.1, -0.05) is 11.6 Å². The average molecular weight is 388 g/mol. The summed E-state index contributed by atoms with van der Waals surface area (Å²) >= 11 is 6.09. The van der Waals surface area contributed by atoms with E-state index in [0.717, 1.165) is 23.4 Å². The Balaban J connectivity index is 1.65. The van der Waals surface area contributed by atoms with E-state index in [9.17, 15) is 9.59 Å². The Kier molecular flexibility index (Phi) is 5.56. The molecule has 2 N–H and O–H groups in total. The van der Waals surface area contributed by atoms with Gasteiger partial charge < -0.3 is 20.3 Å². The number of fused-ring (bicyclic) bond motifs is 1. The first-order valence-electron chi connectivity index (χ1n) is 8.71. The molecule has 1 heterocycles. The standard InChI is InChI=1S/C20H22ClN3O3/c1-12(20(26)23-16-5-7-19(27-3)17(21)11-16)22-15-4-6-18-14(10-15)8-9-24(18)13(2)25/h4-7,10-12,22H,8-9H2,1-3H3,(H,23,26)/t12-/m1/s1. The first-order chi connectivity index (χ1) is 12.9. The molecule has 0 unspecified atom stereocenters. The van der Waals surface area contributed by atoms with E-state index < -0.39 is 6.04 Å². The lowest BCUT2D eigenvalue weighted by Gasteiger charge is -2.18. The van der Waals surface area contributed by atoms with E-state index in [0.29, 0.717) is 23.0 Å². The zero-order chi connectivity index (χ0) is 19.6. The molecule has 3 rings (SSSR count). The van der Waals surface area contributed by atoms with E-state index in [2.05, 4.69) is 10.6 Å². The van der Waals surface area contributed by atoms with Gasteiger partial charge in [-0.25, -0.2) is 0 Å². The van der Waals surface area contributed by atoms with Crippen LogP contribution in [-0.4, -0.2) is 31.5 Å². The van der Waals surface area contributed by atoms with Crippen LogP contribution in [0.2, 0.25) is 5.02 Å². The van der Waals surface area contributed by atoms with E-state index in [-0.39, 0.29) is 11.8 Å². The van der Waals surface area contributed by atoms with Crippen molar-refractivity contribution >= 4 is 40.5 Å². The normalized spacial score (nSPS) is 13.7. The molecule has 142 valence electrons. The first kappa shape index (κ1) is 19.0. The molecule has 7 heteroatoms. The number of carbonyl (C=O) groups excluding carboxylic acids is 2. The van der Waals surface area contributed by atoms with Crippen molar-refractivity contribution in [2.75, 3.05) is 29.2 Å². The molecule has 2 aromatic rings. The quantitative estimate of drug-likeness (QED) is 0.820. The van der Waals surface area contributed by atoms with Crippen molar-refractivity contribution in [3.63, 3.8) is 0 Å². The summed E-state index contributed by atoms with van der Waals surface area (Å²) in [5.41, 5.74) is 3.49. The highest BCUT2D eigenvalue weighted by molar-refractivity contribution is 6.32. The second kappa shape index (κ2) is 7.88. The third-order valence-electron chi connectivity index (χ3n) is 4.55. The average Bonchev–Trinajstić information content (AvgIpc) is 3.05. The highest BCUT2D eigenvalue weighted by Crippen LogP contribution is 2.31. The van der Waals surface area contributed by atoms with Gasteiger partial charge in [-0.2, -0.15) is 0 Å². The summed E-state index contributed by atoms with van der Waals surface area (Å²) in [7, 11) is 1.54. The van der Waals surface area contributed by atoms with Crippen LogP contribution in [0.25, 0.3) is 0 Å². The van der Waals surface area contributed by atoms with Crippen molar-refractivity contribution in [2.45, 2.75) is 26.3 Å². The molecular formula is C20H22ClN3O3. The zero-order valence-electron chi connectivity index (χ0n) is 15.5. The van der Waals surface area contributed by atoms with Crippen LogP contribution in [0.1, 0.15) is 19.4 Å². The fourth-order valence-electron chi connectivity index (χ4n) is 3.13. The molecule has 0 bridgehead atoms. The smallest absolute Gasteiger partial charge is 0.246 e. The highest BCUT2D eigenvalue weighted by atomic mass is 35.5. The molecular weight excluding hydrogens is 366 g/mol. The fourth-order valence-corrected chi connectivity index (χ4v) is 3.39. The van der Waals surface area contributed by atoms with Crippen molar-refractivity contribution in [1.82, 2.24) is 0 Å². The van der Waals surface area contributed by atoms with E-state index in [1.165, 1.54) is 7.11 Å². The minimum absolute atomic E-state index is 0.0420. The van der Waals surface area contributed by atoms with Gasteiger partial charge in [0.05, 0.1) is 12.1 Å². The van der Waals surface area contributed by atoms with E-state index in [1.54, 1.807) is 36.9 Å².